The molecule has 0 radical (unpaired) electrons. The van der Waals surface area contributed by atoms with E-state index in [1.165, 1.54) is 0 Å². The standard InChI is InChI=1S/C13H21N5/c1-9(2)11-7-12(17-8-16-11)18-5-3-10(4-6-18)13(14)15/h7-10H,3-6H2,1-2H3,(H3,14,15). The minimum atomic E-state index is 0.243. The lowest BCUT2D eigenvalue weighted by Crippen LogP contribution is -2.38. The number of hydrogen-bond acceptors (Lipinski definition) is 4. The Morgan fingerprint density at radius 3 is 2.61 bits per heavy atom. The quantitative estimate of drug-likeness (QED) is 0.630. The normalized spacial score (nSPS) is 17.2. The molecule has 1 aromatic heterocycles. The SMILES string of the molecule is CC(C)c1cc(N2CCC(C(=N)N)CC2)ncn1. The highest BCUT2D eigenvalue weighted by Crippen LogP contribution is 2.23. The van der Waals surface area contributed by atoms with E-state index < -0.39 is 0 Å². The summed E-state index contributed by atoms with van der Waals surface area (Å²) in [6.45, 7) is 6.10. The average Bonchev–Trinajstić information content (AvgIpc) is 2.39. The van der Waals surface area contributed by atoms with Gasteiger partial charge in [-0.3, -0.25) is 5.41 Å². The third kappa shape index (κ3) is 2.78. The number of nitrogens with zero attached hydrogens (tertiary/aromatic N) is 3. The summed E-state index contributed by atoms with van der Waals surface area (Å²) in [6.07, 6.45) is 3.52. The Balaban J connectivity index is 2.05. The molecule has 0 bridgehead atoms. The molecule has 0 aromatic carbocycles. The lowest BCUT2D eigenvalue weighted by atomic mass is 9.96. The lowest BCUT2D eigenvalue weighted by Gasteiger charge is -2.32. The zero-order valence-electron chi connectivity index (χ0n) is 11.1. The maximum atomic E-state index is 7.48. The fourth-order valence-electron chi connectivity index (χ4n) is 2.27. The van der Waals surface area contributed by atoms with Crippen molar-refractivity contribution in [1.82, 2.24) is 9.97 Å². The molecule has 0 atom stereocenters. The molecule has 1 saturated heterocycles. The van der Waals surface area contributed by atoms with Gasteiger partial charge in [0.1, 0.15) is 12.1 Å². The largest absolute Gasteiger partial charge is 0.387 e. The average molecular weight is 247 g/mol. The molecular formula is C13H21N5. The molecule has 0 saturated carbocycles. The maximum absolute atomic E-state index is 7.48. The molecule has 18 heavy (non-hydrogen) atoms. The Kier molecular flexibility index (Phi) is 3.79. The molecule has 1 aromatic rings. The minimum absolute atomic E-state index is 0.243. The van der Waals surface area contributed by atoms with E-state index in [1.807, 2.05) is 0 Å². The van der Waals surface area contributed by atoms with E-state index in [0.717, 1.165) is 37.4 Å². The monoisotopic (exact) mass is 247 g/mol. The van der Waals surface area contributed by atoms with Crippen LogP contribution >= 0.6 is 0 Å². The number of anilines is 1. The van der Waals surface area contributed by atoms with Gasteiger partial charge in [-0.05, 0) is 18.8 Å². The molecule has 0 unspecified atom stereocenters. The predicted octanol–water partition coefficient (Wildman–Crippen LogP) is 1.75. The zero-order chi connectivity index (χ0) is 13.1. The maximum Gasteiger partial charge on any atom is 0.132 e. The van der Waals surface area contributed by atoms with E-state index >= 15 is 0 Å². The van der Waals surface area contributed by atoms with Crippen molar-refractivity contribution in [2.75, 3.05) is 18.0 Å². The van der Waals surface area contributed by atoms with Crippen molar-refractivity contribution in [2.45, 2.75) is 32.6 Å². The van der Waals surface area contributed by atoms with Crippen LogP contribution in [-0.4, -0.2) is 28.9 Å². The summed E-state index contributed by atoms with van der Waals surface area (Å²) in [5.41, 5.74) is 6.63. The Labute approximate surface area is 108 Å². The first-order valence-electron chi connectivity index (χ1n) is 6.48. The summed E-state index contributed by atoms with van der Waals surface area (Å²) in [7, 11) is 0. The van der Waals surface area contributed by atoms with Gasteiger partial charge in [0, 0.05) is 30.8 Å². The Morgan fingerprint density at radius 2 is 2.06 bits per heavy atom. The summed E-state index contributed by atoms with van der Waals surface area (Å²) < 4.78 is 0. The topological polar surface area (TPSA) is 78.9 Å². The van der Waals surface area contributed by atoms with Gasteiger partial charge in [0.05, 0.1) is 5.84 Å². The molecule has 1 aliphatic rings. The van der Waals surface area contributed by atoms with E-state index in [2.05, 4.69) is 34.8 Å². The molecule has 2 rings (SSSR count). The van der Waals surface area contributed by atoms with Crippen LogP contribution in [0, 0.1) is 11.3 Å². The number of piperidine rings is 1. The number of nitrogens with one attached hydrogen (secondary N) is 1. The number of rotatable bonds is 3. The van der Waals surface area contributed by atoms with Gasteiger partial charge < -0.3 is 10.6 Å². The van der Waals surface area contributed by atoms with Crippen LogP contribution in [0.3, 0.4) is 0 Å². The van der Waals surface area contributed by atoms with E-state index in [4.69, 9.17) is 11.1 Å². The van der Waals surface area contributed by atoms with Crippen molar-refractivity contribution in [2.24, 2.45) is 11.7 Å². The molecule has 1 aliphatic heterocycles. The Bertz CT molecular complexity index is 421. The van der Waals surface area contributed by atoms with Crippen molar-refractivity contribution in [3.8, 4) is 0 Å². The van der Waals surface area contributed by atoms with Gasteiger partial charge in [-0.25, -0.2) is 9.97 Å². The summed E-state index contributed by atoms with van der Waals surface area (Å²) in [5, 5.41) is 7.48. The second kappa shape index (κ2) is 5.33. The van der Waals surface area contributed by atoms with Crippen LogP contribution in [0.2, 0.25) is 0 Å². The minimum Gasteiger partial charge on any atom is -0.387 e. The molecule has 5 heteroatoms. The highest BCUT2D eigenvalue weighted by atomic mass is 15.2. The predicted molar refractivity (Wildman–Crippen MR) is 73.0 cm³/mol. The van der Waals surface area contributed by atoms with Crippen LogP contribution in [-0.2, 0) is 0 Å². The number of aromatic nitrogens is 2. The van der Waals surface area contributed by atoms with E-state index in [9.17, 15) is 0 Å². The Hall–Kier alpha value is -1.65. The molecule has 0 aliphatic carbocycles. The third-order valence-corrected chi connectivity index (χ3v) is 3.52. The van der Waals surface area contributed by atoms with Crippen LogP contribution in [0.1, 0.15) is 38.3 Å². The summed E-state index contributed by atoms with van der Waals surface area (Å²) in [5.74, 6) is 1.98. The first-order chi connectivity index (χ1) is 8.58. The van der Waals surface area contributed by atoms with Crippen LogP contribution < -0.4 is 10.6 Å². The molecule has 98 valence electrons. The van der Waals surface area contributed by atoms with Crippen molar-refractivity contribution in [3.63, 3.8) is 0 Å². The zero-order valence-corrected chi connectivity index (χ0v) is 11.1. The summed E-state index contributed by atoms with van der Waals surface area (Å²) >= 11 is 0. The van der Waals surface area contributed by atoms with Crippen LogP contribution in [0.15, 0.2) is 12.4 Å². The molecule has 1 fully saturated rings. The van der Waals surface area contributed by atoms with E-state index in [-0.39, 0.29) is 5.92 Å². The van der Waals surface area contributed by atoms with Crippen LogP contribution in [0.25, 0.3) is 0 Å². The first kappa shape index (κ1) is 12.8. The molecule has 0 spiro atoms. The smallest absolute Gasteiger partial charge is 0.132 e. The molecule has 0 amide bonds. The highest BCUT2D eigenvalue weighted by molar-refractivity contribution is 5.79. The fraction of sp³-hybridized carbons (Fsp3) is 0.615. The van der Waals surface area contributed by atoms with Crippen molar-refractivity contribution in [1.29, 1.82) is 5.41 Å². The summed E-state index contributed by atoms with van der Waals surface area (Å²) in [6, 6.07) is 2.07. The van der Waals surface area contributed by atoms with E-state index in [1.54, 1.807) is 6.33 Å². The summed E-state index contributed by atoms with van der Waals surface area (Å²) in [4.78, 5) is 10.9. The second-order valence-corrected chi connectivity index (χ2v) is 5.17. The number of amidine groups is 1. The van der Waals surface area contributed by atoms with Gasteiger partial charge in [-0.15, -0.1) is 0 Å². The molecule has 5 nitrogen and oxygen atoms in total. The first-order valence-corrected chi connectivity index (χ1v) is 6.48. The van der Waals surface area contributed by atoms with Gasteiger partial charge in [-0.1, -0.05) is 13.8 Å². The highest BCUT2D eigenvalue weighted by Gasteiger charge is 2.22. The van der Waals surface area contributed by atoms with Crippen LogP contribution in [0.4, 0.5) is 5.82 Å². The van der Waals surface area contributed by atoms with Gasteiger partial charge in [0.15, 0.2) is 0 Å². The third-order valence-electron chi connectivity index (χ3n) is 3.52. The Morgan fingerprint density at radius 1 is 1.39 bits per heavy atom. The van der Waals surface area contributed by atoms with E-state index in [0.29, 0.717) is 11.8 Å². The van der Waals surface area contributed by atoms with Gasteiger partial charge in [0.2, 0.25) is 0 Å². The van der Waals surface area contributed by atoms with Gasteiger partial charge in [0.25, 0.3) is 0 Å². The second-order valence-electron chi connectivity index (χ2n) is 5.17. The van der Waals surface area contributed by atoms with Gasteiger partial charge in [-0.2, -0.15) is 0 Å². The lowest BCUT2D eigenvalue weighted by molar-refractivity contribution is 0.494. The number of nitrogens with two attached hydrogens (primary N) is 1. The van der Waals surface area contributed by atoms with Crippen LogP contribution in [0.5, 0.6) is 0 Å². The van der Waals surface area contributed by atoms with Crippen molar-refractivity contribution >= 4 is 11.7 Å². The fourth-order valence-corrected chi connectivity index (χ4v) is 2.27. The van der Waals surface area contributed by atoms with Crippen molar-refractivity contribution in [3.05, 3.63) is 18.1 Å². The number of hydrogen-bond donors (Lipinski definition) is 2. The molecule has 3 N–H and O–H groups in total. The van der Waals surface area contributed by atoms with Crippen molar-refractivity contribution < 1.29 is 0 Å². The molecule has 2 heterocycles. The van der Waals surface area contributed by atoms with Gasteiger partial charge >= 0.3 is 0 Å². The molecular weight excluding hydrogens is 226 g/mol.